The Bertz CT molecular complexity index is 1050. The molecular formula is C21H20N2O4S. The van der Waals surface area contributed by atoms with Gasteiger partial charge in [-0.25, -0.2) is 4.68 Å². The van der Waals surface area contributed by atoms with E-state index in [0.29, 0.717) is 22.8 Å². The molecule has 0 N–H and O–H groups in total. The first-order valence-corrected chi connectivity index (χ1v) is 9.76. The molecule has 0 aliphatic carbocycles. The summed E-state index contributed by atoms with van der Waals surface area (Å²) in [6.07, 6.45) is 2.01. The maximum atomic E-state index is 12.7. The largest absolute Gasteiger partial charge is 0.493 e. The van der Waals surface area contributed by atoms with E-state index in [0.717, 1.165) is 10.5 Å². The van der Waals surface area contributed by atoms with E-state index in [1.807, 2.05) is 30.5 Å². The Hall–Kier alpha value is -3.06. The molecule has 28 heavy (non-hydrogen) atoms. The minimum absolute atomic E-state index is 0.162. The van der Waals surface area contributed by atoms with Crippen LogP contribution in [0.1, 0.15) is 10.4 Å². The van der Waals surface area contributed by atoms with Crippen molar-refractivity contribution in [3.05, 3.63) is 70.5 Å². The molecule has 0 aliphatic rings. The van der Waals surface area contributed by atoms with E-state index in [4.69, 9.17) is 9.47 Å². The number of aromatic nitrogens is 2. The van der Waals surface area contributed by atoms with Gasteiger partial charge in [0.15, 0.2) is 17.3 Å². The van der Waals surface area contributed by atoms with Gasteiger partial charge < -0.3 is 9.47 Å². The molecule has 0 amide bonds. The van der Waals surface area contributed by atoms with Crippen molar-refractivity contribution in [2.75, 3.05) is 20.5 Å². The van der Waals surface area contributed by atoms with Crippen LogP contribution < -0.4 is 15.0 Å². The van der Waals surface area contributed by atoms with Crippen molar-refractivity contribution >= 4 is 17.5 Å². The predicted molar refractivity (Wildman–Crippen MR) is 110 cm³/mol. The number of thioether (sulfide) groups is 1. The number of benzene rings is 2. The van der Waals surface area contributed by atoms with E-state index in [2.05, 4.69) is 5.10 Å². The number of rotatable bonds is 7. The second-order valence-corrected chi connectivity index (χ2v) is 6.82. The van der Waals surface area contributed by atoms with Crippen molar-refractivity contribution in [2.45, 2.75) is 11.4 Å². The number of hydrogen-bond donors (Lipinski definition) is 0. The molecule has 0 radical (unpaired) electrons. The van der Waals surface area contributed by atoms with Crippen LogP contribution in [-0.4, -0.2) is 36.0 Å². The Morgan fingerprint density at radius 2 is 1.71 bits per heavy atom. The van der Waals surface area contributed by atoms with Crippen molar-refractivity contribution in [1.29, 1.82) is 0 Å². The minimum Gasteiger partial charge on any atom is -0.493 e. The van der Waals surface area contributed by atoms with Gasteiger partial charge in [-0.1, -0.05) is 12.1 Å². The number of carbonyl (C=O) groups excluding carboxylic acids is 1. The van der Waals surface area contributed by atoms with Crippen molar-refractivity contribution < 1.29 is 14.3 Å². The number of ether oxygens (including phenoxy) is 2. The van der Waals surface area contributed by atoms with Gasteiger partial charge in [0, 0.05) is 22.1 Å². The average Bonchev–Trinajstić information content (AvgIpc) is 2.74. The van der Waals surface area contributed by atoms with Crippen LogP contribution in [0, 0.1) is 0 Å². The molecule has 6 nitrogen and oxygen atoms in total. The molecule has 0 fully saturated rings. The van der Waals surface area contributed by atoms with E-state index in [1.165, 1.54) is 25.0 Å². The lowest BCUT2D eigenvalue weighted by atomic mass is 10.1. The fourth-order valence-corrected chi connectivity index (χ4v) is 3.12. The van der Waals surface area contributed by atoms with Gasteiger partial charge in [-0.15, -0.1) is 11.8 Å². The quantitative estimate of drug-likeness (QED) is 0.449. The van der Waals surface area contributed by atoms with E-state index in [1.54, 1.807) is 36.0 Å². The standard InChI is InChI=1S/C21H20N2O4S/c1-26-19-10-6-15(12-20(19)27-2)18(24)13-23-21(25)11-9-17(22-23)14-4-7-16(28-3)8-5-14/h4-12H,13H2,1-3H3. The summed E-state index contributed by atoms with van der Waals surface area (Å²) in [7, 11) is 3.03. The Kier molecular flexibility index (Phi) is 6.16. The lowest BCUT2D eigenvalue weighted by molar-refractivity contribution is 0.0965. The van der Waals surface area contributed by atoms with Gasteiger partial charge in [0.05, 0.1) is 19.9 Å². The number of methoxy groups -OCH3 is 2. The molecule has 1 heterocycles. The molecule has 2 aromatic carbocycles. The second-order valence-electron chi connectivity index (χ2n) is 5.94. The number of Topliss-reactive ketones (excluding diaryl/α,β-unsaturated/α-hetero) is 1. The molecule has 0 saturated carbocycles. The van der Waals surface area contributed by atoms with Gasteiger partial charge in [0.25, 0.3) is 5.56 Å². The third-order valence-corrected chi connectivity index (χ3v) is 4.99. The Morgan fingerprint density at radius 1 is 1.00 bits per heavy atom. The van der Waals surface area contributed by atoms with Gasteiger partial charge in [-0.05, 0) is 42.7 Å². The number of hydrogen-bond acceptors (Lipinski definition) is 6. The summed E-state index contributed by atoms with van der Waals surface area (Å²) < 4.78 is 11.6. The first kappa shape index (κ1) is 19.7. The highest BCUT2D eigenvalue weighted by atomic mass is 32.2. The highest BCUT2D eigenvalue weighted by molar-refractivity contribution is 7.98. The van der Waals surface area contributed by atoms with Gasteiger partial charge in [0.1, 0.15) is 6.54 Å². The van der Waals surface area contributed by atoms with Gasteiger partial charge in [0.2, 0.25) is 0 Å². The first-order chi connectivity index (χ1) is 13.5. The fourth-order valence-electron chi connectivity index (χ4n) is 2.71. The second kappa shape index (κ2) is 8.75. The summed E-state index contributed by atoms with van der Waals surface area (Å²) >= 11 is 1.65. The molecule has 3 rings (SSSR count). The molecule has 0 saturated heterocycles. The van der Waals surface area contributed by atoms with Gasteiger partial charge in [-0.2, -0.15) is 5.10 Å². The van der Waals surface area contributed by atoms with Crippen LogP contribution in [0.3, 0.4) is 0 Å². The zero-order chi connectivity index (χ0) is 20.1. The summed E-state index contributed by atoms with van der Waals surface area (Å²) in [5.74, 6) is 0.742. The summed E-state index contributed by atoms with van der Waals surface area (Å²) in [5.41, 5.74) is 1.59. The molecule has 7 heteroatoms. The average molecular weight is 396 g/mol. The Labute approximate surface area is 167 Å². The molecular weight excluding hydrogens is 376 g/mol. The highest BCUT2D eigenvalue weighted by Crippen LogP contribution is 2.27. The molecule has 0 spiro atoms. The van der Waals surface area contributed by atoms with Crippen LogP contribution in [0.2, 0.25) is 0 Å². The van der Waals surface area contributed by atoms with Crippen molar-refractivity contribution in [3.8, 4) is 22.8 Å². The van der Waals surface area contributed by atoms with E-state index in [9.17, 15) is 9.59 Å². The first-order valence-electron chi connectivity index (χ1n) is 8.53. The van der Waals surface area contributed by atoms with Crippen LogP contribution in [0.5, 0.6) is 11.5 Å². The minimum atomic E-state index is -0.335. The maximum Gasteiger partial charge on any atom is 0.267 e. The van der Waals surface area contributed by atoms with E-state index in [-0.39, 0.29) is 17.9 Å². The third-order valence-electron chi connectivity index (χ3n) is 4.25. The maximum absolute atomic E-state index is 12.7. The Morgan fingerprint density at radius 3 is 2.36 bits per heavy atom. The van der Waals surface area contributed by atoms with E-state index < -0.39 is 0 Å². The lowest BCUT2D eigenvalue weighted by Gasteiger charge is -2.10. The van der Waals surface area contributed by atoms with Gasteiger partial charge in [-0.3, -0.25) is 9.59 Å². The monoisotopic (exact) mass is 396 g/mol. The molecule has 1 aromatic heterocycles. The normalized spacial score (nSPS) is 10.5. The van der Waals surface area contributed by atoms with E-state index >= 15 is 0 Å². The Balaban J connectivity index is 1.87. The van der Waals surface area contributed by atoms with Crippen LogP contribution >= 0.6 is 11.8 Å². The smallest absolute Gasteiger partial charge is 0.267 e. The van der Waals surface area contributed by atoms with Crippen LogP contribution in [0.25, 0.3) is 11.3 Å². The molecule has 0 bridgehead atoms. The molecule has 144 valence electrons. The van der Waals surface area contributed by atoms with Crippen molar-refractivity contribution in [3.63, 3.8) is 0 Å². The predicted octanol–water partition coefficient (Wildman–Crippen LogP) is 3.53. The van der Waals surface area contributed by atoms with Crippen molar-refractivity contribution in [2.24, 2.45) is 0 Å². The van der Waals surface area contributed by atoms with Crippen LogP contribution in [0.15, 0.2) is 64.3 Å². The SMILES string of the molecule is COc1ccc(C(=O)Cn2nc(-c3ccc(SC)cc3)ccc2=O)cc1OC. The van der Waals surface area contributed by atoms with Crippen molar-refractivity contribution in [1.82, 2.24) is 9.78 Å². The highest BCUT2D eigenvalue weighted by Gasteiger charge is 2.13. The lowest BCUT2D eigenvalue weighted by Crippen LogP contribution is -2.26. The summed E-state index contributed by atoms with van der Waals surface area (Å²) in [4.78, 5) is 26.0. The van der Waals surface area contributed by atoms with Crippen LogP contribution in [-0.2, 0) is 6.54 Å². The molecule has 0 aliphatic heterocycles. The fraction of sp³-hybridized carbons (Fsp3) is 0.190. The number of nitrogens with zero attached hydrogens (tertiary/aromatic N) is 2. The molecule has 3 aromatic rings. The van der Waals surface area contributed by atoms with Gasteiger partial charge >= 0.3 is 0 Å². The summed E-state index contributed by atoms with van der Waals surface area (Å²) in [6.45, 7) is -0.162. The van der Waals surface area contributed by atoms with Crippen LogP contribution in [0.4, 0.5) is 0 Å². The zero-order valence-electron chi connectivity index (χ0n) is 15.8. The summed E-state index contributed by atoms with van der Waals surface area (Å²) in [5, 5.41) is 4.36. The zero-order valence-corrected chi connectivity index (χ0v) is 16.7. The topological polar surface area (TPSA) is 70.4 Å². The summed E-state index contributed by atoms with van der Waals surface area (Å²) in [6, 6.07) is 15.8. The molecule has 0 unspecified atom stereocenters. The third kappa shape index (κ3) is 4.26. The number of carbonyl (C=O) groups is 1. The number of ketones is 1. The molecule has 0 atom stereocenters.